The van der Waals surface area contributed by atoms with Crippen LogP contribution in [-0.4, -0.2) is 20.1 Å². The Bertz CT molecular complexity index is 601. The van der Waals surface area contributed by atoms with Crippen LogP contribution in [-0.2, 0) is 6.42 Å². The summed E-state index contributed by atoms with van der Waals surface area (Å²) in [6, 6.07) is 3.56. The lowest BCUT2D eigenvalue weighted by Gasteiger charge is -2.03. The highest BCUT2D eigenvalue weighted by Gasteiger charge is 2.17. The lowest BCUT2D eigenvalue weighted by atomic mass is 10.2. The molecule has 0 aliphatic heterocycles. The van der Waals surface area contributed by atoms with Gasteiger partial charge in [-0.15, -0.1) is 11.3 Å². The molecule has 0 aromatic carbocycles. The maximum absolute atomic E-state index is 6.01. The molecule has 1 atom stereocenters. The molecule has 0 fully saturated rings. The van der Waals surface area contributed by atoms with Crippen LogP contribution in [0.15, 0.2) is 34.6 Å². The molecule has 7 heteroatoms. The van der Waals surface area contributed by atoms with Gasteiger partial charge in [0.15, 0.2) is 0 Å². The van der Waals surface area contributed by atoms with Crippen LogP contribution in [0.25, 0.3) is 10.7 Å². The first-order valence-corrected chi connectivity index (χ1v) is 6.31. The summed E-state index contributed by atoms with van der Waals surface area (Å²) in [6.07, 6.45) is 3.94. The number of imidazole rings is 1. The molecule has 3 aromatic heterocycles. The van der Waals surface area contributed by atoms with Crippen molar-refractivity contribution in [1.82, 2.24) is 20.1 Å². The second kappa shape index (κ2) is 4.71. The van der Waals surface area contributed by atoms with Crippen LogP contribution in [0.5, 0.6) is 0 Å². The summed E-state index contributed by atoms with van der Waals surface area (Å²) in [7, 11) is 0. The molecule has 0 bridgehead atoms. The number of hydrogen-bond acceptors (Lipinski definition) is 6. The number of aromatic nitrogens is 4. The molecule has 0 spiro atoms. The first-order valence-electron chi connectivity index (χ1n) is 5.43. The molecule has 6 nitrogen and oxygen atoms in total. The van der Waals surface area contributed by atoms with Crippen molar-refractivity contribution in [2.24, 2.45) is 5.73 Å². The van der Waals surface area contributed by atoms with Gasteiger partial charge in [-0.05, 0) is 11.4 Å². The summed E-state index contributed by atoms with van der Waals surface area (Å²) in [5.41, 5.74) is 6.96. The highest BCUT2D eigenvalue weighted by atomic mass is 32.1. The van der Waals surface area contributed by atoms with Crippen molar-refractivity contribution in [3.05, 3.63) is 41.6 Å². The smallest absolute Gasteiger partial charge is 0.244 e. The minimum absolute atomic E-state index is 0.327. The molecular formula is C11H11N5OS. The van der Waals surface area contributed by atoms with E-state index in [2.05, 4.69) is 20.1 Å². The Labute approximate surface area is 107 Å². The Kier molecular flexibility index (Phi) is 2.91. The van der Waals surface area contributed by atoms with Gasteiger partial charge in [0.05, 0.1) is 17.2 Å². The number of thiophene rings is 1. The third-order valence-corrected chi connectivity index (χ3v) is 3.36. The predicted octanol–water partition coefficient (Wildman–Crippen LogP) is 1.76. The van der Waals surface area contributed by atoms with Crippen LogP contribution in [0, 0.1) is 0 Å². The molecule has 0 aliphatic carbocycles. The number of aromatic amines is 1. The summed E-state index contributed by atoms with van der Waals surface area (Å²) < 4.78 is 5.19. The number of rotatable bonds is 4. The van der Waals surface area contributed by atoms with E-state index in [0.717, 1.165) is 10.6 Å². The van der Waals surface area contributed by atoms with Crippen molar-refractivity contribution in [1.29, 1.82) is 0 Å². The molecule has 0 aliphatic rings. The summed E-state index contributed by atoms with van der Waals surface area (Å²) in [5.74, 6) is 1.02. The van der Waals surface area contributed by atoms with Gasteiger partial charge in [-0.3, -0.25) is 0 Å². The minimum Gasteiger partial charge on any atom is -0.348 e. The maximum Gasteiger partial charge on any atom is 0.244 e. The molecular weight excluding hydrogens is 250 g/mol. The van der Waals surface area contributed by atoms with Gasteiger partial charge in [0.1, 0.15) is 0 Å². The van der Waals surface area contributed by atoms with E-state index in [-0.39, 0.29) is 6.04 Å². The summed E-state index contributed by atoms with van der Waals surface area (Å²) in [4.78, 5) is 12.2. The second-order valence-corrected chi connectivity index (χ2v) is 4.77. The van der Waals surface area contributed by atoms with Gasteiger partial charge in [0.2, 0.25) is 11.7 Å². The largest absolute Gasteiger partial charge is 0.348 e. The quantitative estimate of drug-likeness (QED) is 0.746. The maximum atomic E-state index is 6.01. The van der Waals surface area contributed by atoms with Gasteiger partial charge in [-0.25, -0.2) is 4.98 Å². The van der Waals surface area contributed by atoms with E-state index in [1.165, 1.54) is 0 Å². The van der Waals surface area contributed by atoms with Gasteiger partial charge >= 0.3 is 0 Å². The van der Waals surface area contributed by atoms with E-state index >= 15 is 0 Å². The average molecular weight is 261 g/mol. The van der Waals surface area contributed by atoms with Gasteiger partial charge in [-0.1, -0.05) is 11.2 Å². The summed E-state index contributed by atoms with van der Waals surface area (Å²) >= 11 is 1.56. The molecule has 0 unspecified atom stereocenters. The molecule has 18 heavy (non-hydrogen) atoms. The highest BCUT2D eigenvalue weighted by Crippen LogP contribution is 2.23. The Morgan fingerprint density at radius 2 is 2.44 bits per heavy atom. The fourth-order valence-electron chi connectivity index (χ4n) is 1.61. The number of H-pyrrole nitrogens is 1. The summed E-state index contributed by atoms with van der Waals surface area (Å²) in [5, 5.41) is 5.90. The third kappa shape index (κ3) is 2.18. The van der Waals surface area contributed by atoms with Crippen molar-refractivity contribution in [3.8, 4) is 10.7 Å². The van der Waals surface area contributed by atoms with Crippen molar-refractivity contribution in [3.63, 3.8) is 0 Å². The molecule has 0 amide bonds. The van der Waals surface area contributed by atoms with E-state index in [1.54, 1.807) is 23.9 Å². The predicted molar refractivity (Wildman–Crippen MR) is 66.8 cm³/mol. The topological polar surface area (TPSA) is 93.6 Å². The van der Waals surface area contributed by atoms with Gasteiger partial charge < -0.3 is 15.2 Å². The fraction of sp³-hybridized carbons (Fsp3) is 0.182. The molecule has 0 saturated heterocycles. The van der Waals surface area contributed by atoms with Crippen LogP contribution in [0.2, 0.25) is 0 Å². The Morgan fingerprint density at radius 1 is 1.50 bits per heavy atom. The van der Waals surface area contributed by atoms with E-state index in [9.17, 15) is 0 Å². The summed E-state index contributed by atoms with van der Waals surface area (Å²) in [6.45, 7) is 0. The van der Waals surface area contributed by atoms with Gasteiger partial charge in [0, 0.05) is 18.3 Å². The van der Waals surface area contributed by atoms with E-state index in [4.69, 9.17) is 10.3 Å². The number of nitrogens with two attached hydrogens (primary N) is 1. The second-order valence-electron chi connectivity index (χ2n) is 3.82. The van der Waals surface area contributed by atoms with Crippen LogP contribution in [0.1, 0.15) is 17.6 Å². The van der Waals surface area contributed by atoms with Gasteiger partial charge in [-0.2, -0.15) is 4.98 Å². The molecule has 0 saturated carbocycles. The SMILES string of the molecule is N[C@H](Cc1cnc[nH]1)c1nc(-c2cccs2)no1. The Hall–Kier alpha value is -1.99. The highest BCUT2D eigenvalue weighted by molar-refractivity contribution is 7.13. The van der Waals surface area contributed by atoms with Crippen LogP contribution in [0.4, 0.5) is 0 Å². The van der Waals surface area contributed by atoms with E-state index in [1.807, 2.05) is 17.5 Å². The Morgan fingerprint density at radius 3 is 3.17 bits per heavy atom. The zero-order valence-electron chi connectivity index (χ0n) is 9.41. The van der Waals surface area contributed by atoms with Crippen molar-refractivity contribution in [2.75, 3.05) is 0 Å². The standard InChI is InChI=1S/C11H11N5OS/c12-8(4-7-5-13-6-14-7)11-15-10(16-17-11)9-2-1-3-18-9/h1-3,5-6,8H,4,12H2,(H,13,14)/t8-/m1/s1. The van der Waals surface area contributed by atoms with Gasteiger partial charge in [0.25, 0.3) is 0 Å². The van der Waals surface area contributed by atoms with Crippen molar-refractivity contribution in [2.45, 2.75) is 12.5 Å². The van der Waals surface area contributed by atoms with E-state index in [0.29, 0.717) is 18.1 Å². The molecule has 3 N–H and O–H groups in total. The fourth-order valence-corrected chi connectivity index (χ4v) is 2.26. The average Bonchev–Trinajstić information content (AvgIpc) is 3.11. The lowest BCUT2D eigenvalue weighted by Crippen LogP contribution is -2.13. The number of nitrogens with zero attached hydrogens (tertiary/aromatic N) is 3. The van der Waals surface area contributed by atoms with Crippen molar-refractivity contribution >= 4 is 11.3 Å². The zero-order valence-corrected chi connectivity index (χ0v) is 10.2. The first-order chi connectivity index (χ1) is 8.83. The normalized spacial score (nSPS) is 12.7. The van der Waals surface area contributed by atoms with E-state index < -0.39 is 0 Å². The molecule has 3 rings (SSSR count). The molecule has 3 heterocycles. The van der Waals surface area contributed by atoms with Crippen LogP contribution >= 0.6 is 11.3 Å². The van der Waals surface area contributed by atoms with Crippen LogP contribution < -0.4 is 5.73 Å². The van der Waals surface area contributed by atoms with Crippen LogP contribution in [0.3, 0.4) is 0 Å². The first kappa shape index (κ1) is 11.1. The minimum atomic E-state index is -0.327. The zero-order chi connectivity index (χ0) is 12.4. The Balaban J connectivity index is 1.77. The molecule has 92 valence electrons. The van der Waals surface area contributed by atoms with Crippen molar-refractivity contribution < 1.29 is 4.52 Å². The number of nitrogens with one attached hydrogen (secondary N) is 1. The monoisotopic (exact) mass is 261 g/mol. The number of hydrogen-bond donors (Lipinski definition) is 2. The third-order valence-electron chi connectivity index (χ3n) is 2.50. The molecule has 0 radical (unpaired) electrons. The lowest BCUT2D eigenvalue weighted by molar-refractivity contribution is 0.354. The molecule has 3 aromatic rings.